The molecule has 1 aromatic carbocycles. The Morgan fingerprint density at radius 3 is 2.64 bits per heavy atom. The van der Waals surface area contributed by atoms with E-state index >= 15 is 4.79 Å². The second-order valence-corrected chi connectivity index (χ2v) is 16.9. The van der Waals surface area contributed by atoms with Crippen molar-refractivity contribution >= 4 is 33.4 Å². The van der Waals surface area contributed by atoms with Gasteiger partial charge in [0.2, 0.25) is 0 Å². The number of allylic oxidation sites excluding steroid dienone is 4. The molecule has 3 aromatic rings. The molecule has 2 aliphatic carbocycles. The van der Waals surface area contributed by atoms with Crippen molar-refractivity contribution < 1.29 is 43.5 Å². The predicted octanol–water partition coefficient (Wildman–Crippen LogP) is 7.16. The molecule has 11 heteroatoms. The van der Waals surface area contributed by atoms with Crippen molar-refractivity contribution in [2.45, 2.75) is 124 Å². The number of rotatable bonds is 11. The van der Waals surface area contributed by atoms with E-state index in [9.17, 15) is 15.0 Å². The van der Waals surface area contributed by atoms with Gasteiger partial charge in [0, 0.05) is 34.5 Å². The summed E-state index contributed by atoms with van der Waals surface area (Å²) in [6.45, 7) is 16.5. The molecule has 4 heterocycles. The van der Waals surface area contributed by atoms with E-state index in [1.807, 2.05) is 44.2 Å². The molecule has 2 saturated heterocycles. The number of Topliss-reactive ketones (excluding diaryl/α,β-unsaturated/α-hetero) is 2. The van der Waals surface area contributed by atoms with E-state index in [0.717, 1.165) is 22.7 Å². The van der Waals surface area contributed by atoms with E-state index < -0.39 is 53.8 Å². The van der Waals surface area contributed by atoms with Crippen LogP contribution in [0, 0.1) is 46.9 Å². The van der Waals surface area contributed by atoms with Gasteiger partial charge in [0.15, 0.2) is 29.7 Å². The minimum absolute atomic E-state index is 0.145. The number of carbonyl (C=O) groups excluding carboxylic acids is 2. The molecule has 0 spiro atoms. The van der Waals surface area contributed by atoms with Crippen molar-refractivity contribution in [1.29, 1.82) is 0 Å². The fourth-order valence-corrected chi connectivity index (χ4v) is 8.98. The Morgan fingerprint density at radius 1 is 1.14 bits per heavy atom. The first kappa shape index (κ1) is 42.5. The molecule has 2 aliphatic heterocycles. The van der Waals surface area contributed by atoms with E-state index in [-0.39, 0.29) is 23.8 Å². The number of hydrogen-bond acceptors (Lipinski definition) is 10. The number of ketones is 2. The topological polar surface area (TPSA) is 149 Å². The Morgan fingerprint density at radius 2 is 1.92 bits per heavy atom. The standard InChI is InChI=1S/C48H56N2O9/c1-9-15-35-40-29(6)37(51)25-48(35,54)20-14-12-11-13-16-38(40)58-46-43(59-39-23-28(5)31(26-56-39)22-27(3)4)45(53)47(8,30(7)57-46)44(52)42-41-33(19-21-49-42)34-24-32(55-10-2)17-18-36(34)50-41/h11-12,15,17-19,21,24,27-28,30-31,38-39,43,45-46,50,53-54H,9-10,22-23,25-26H2,1-8H3/b12-11-,35-15+/t28?,30?,31?,38-,39?,43?,45?,46?,47?,48-/m0/s1. The summed E-state index contributed by atoms with van der Waals surface area (Å²) in [6.07, 6.45) is 1.54. The number of benzene rings is 1. The lowest BCUT2D eigenvalue weighted by atomic mass is 9.70. The molecule has 2 fully saturated rings. The molecule has 0 amide bonds. The maximum absolute atomic E-state index is 15.1. The van der Waals surface area contributed by atoms with Crippen LogP contribution in [0.15, 0.2) is 65.4 Å². The normalized spacial score (nSPS) is 33.4. The summed E-state index contributed by atoms with van der Waals surface area (Å²) in [6, 6.07) is 7.56. The minimum Gasteiger partial charge on any atom is -0.494 e. The molecular weight excluding hydrogens is 749 g/mol. The van der Waals surface area contributed by atoms with Gasteiger partial charge in [-0.05, 0) is 106 Å². The number of carbonyl (C=O) groups is 2. The van der Waals surface area contributed by atoms with Crippen molar-refractivity contribution in [2.75, 3.05) is 13.2 Å². The second kappa shape index (κ2) is 17.2. The maximum Gasteiger partial charge on any atom is 0.194 e. The van der Waals surface area contributed by atoms with Gasteiger partial charge in [-0.3, -0.25) is 14.6 Å². The Balaban J connectivity index is 1.28. The van der Waals surface area contributed by atoms with Gasteiger partial charge in [0.05, 0.1) is 36.7 Å². The van der Waals surface area contributed by atoms with Crippen molar-refractivity contribution in [3.05, 3.63) is 71.1 Å². The number of hydrogen-bond donors (Lipinski definition) is 3. The molecule has 4 aliphatic rings. The summed E-state index contributed by atoms with van der Waals surface area (Å²) in [5.74, 6) is 12.9. The molecule has 11 nitrogen and oxygen atoms in total. The monoisotopic (exact) mass is 804 g/mol. The number of nitrogens with one attached hydrogen (secondary N) is 1. The van der Waals surface area contributed by atoms with Crippen LogP contribution < -0.4 is 4.74 Å². The highest BCUT2D eigenvalue weighted by atomic mass is 16.7. The van der Waals surface area contributed by atoms with Gasteiger partial charge in [-0.2, -0.15) is 0 Å². The summed E-state index contributed by atoms with van der Waals surface area (Å²) in [5, 5.41) is 26.2. The van der Waals surface area contributed by atoms with E-state index in [2.05, 4.69) is 54.4 Å². The maximum atomic E-state index is 15.1. The lowest BCUT2D eigenvalue weighted by molar-refractivity contribution is -0.339. The molecule has 2 bridgehead atoms. The number of nitrogens with zero attached hydrogens (tertiary/aromatic N) is 1. The first-order valence-electron chi connectivity index (χ1n) is 20.9. The third-order valence-electron chi connectivity index (χ3n) is 12.5. The van der Waals surface area contributed by atoms with Gasteiger partial charge in [0.25, 0.3) is 0 Å². The highest BCUT2D eigenvalue weighted by molar-refractivity contribution is 6.16. The van der Waals surface area contributed by atoms with Gasteiger partial charge in [-0.15, -0.1) is 0 Å². The molecule has 59 heavy (non-hydrogen) atoms. The molecular formula is C48H56N2O9. The van der Waals surface area contributed by atoms with Crippen LogP contribution in [0.2, 0.25) is 0 Å². The molecule has 10 atom stereocenters. The number of fused-ring (bicyclic) bond motifs is 5. The van der Waals surface area contributed by atoms with E-state index in [1.54, 1.807) is 33.0 Å². The average Bonchev–Trinajstić information content (AvgIpc) is 3.57. The number of aromatic amines is 1. The van der Waals surface area contributed by atoms with Crippen molar-refractivity contribution in [1.82, 2.24) is 9.97 Å². The van der Waals surface area contributed by atoms with Crippen LogP contribution in [0.5, 0.6) is 5.75 Å². The molecule has 3 N–H and O–H groups in total. The number of aliphatic hydroxyl groups excluding tert-OH is 1. The Labute approximate surface area is 346 Å². The van der Waals surface area contributed by atoms with Crippen LogP contribution in [0.4, 0.5) is 0 Å². The van der Waals surface area contributed by atoms with Gasteiger partial charge in [-0.1, -0.05) is 57.5 Å². The largest absolute Gasteiger partial charge is 0.494 e. The van der Waals surface area contributed by atoms with Crippen LogP contribution in [0.1, 0.15) is 91.6 Å². The zero-order chi connectivity index (χ0) is 42.2. The fraction of sp³-hybridized carbons (Fsp3) is 0.521. The molecule has 7 rings (SSSR count). The number of aliphatic hydroxyl groups is 2. The Hall–Kier alpha value is -4.59. The molecule has 312 valence electrons. The summed E-state index contributed by atoms with van der Waals surface area (Å²) in [7, 11) is 0. The van der Waals surface area contributed by atoms with Crippen LogP contribution in [0.3, 0.4) is 0 Å². The van der Waals surface area contributed by atoms with Gasteiger partial charge >= 0.3 is 0 Å². The van der Waals surface area contributed by atoms with Gasteiger partial charge < -0.3 is 38.9 Å². The zero-order valence-electron chi connectivity index (χ0n) is 35.3. The highest BCUT2D eigenvalue weighted by Gasteiger charge is 2.59. The average molecular weight is 805 g/mol. The highest BCUT2D eigenvalue weighted by Crippen LogP contribution is 2.46. The lowest BCUT2D eigenvalue weighted by Gasteiger charge is -2.50. The van der Waals surface area contributed by atoms with Crippen LogP contribution in [-0.2, 0) is 23.7 Å². The van der Waals surface area contributed by atoms with Crippen LogP contribution in [-0.4, -0.2) is 87.6 Å². The summed E-state index contributed by atoms with van der Waals surface area (Å²) >= 11 is 0. The third kappa shape index (κ3) is 8.05. The van der Waals surface area contributed by atoms with Crippen molar-refractivity contribution in [3.63, 3.8) is 0 Å². The third-order valence-corrected chi connectivity index (χ3v) is 12.5. The van der Waals surface area contributed by atoms with E-state index in [4.69, 9.17) is 23.7 Å². The molecule has 0 saturated carbocycles. The molecule has 0 radical (unpaired) electrons. The Bertz CT molecular complexity index is 2330. The Kier molecular flexibility index (Phi) is 12.4. The quantitative estimate of drug-likeness (QED) is 0.135. The summed E-state index contributed by atoms with van der Waals surface area (Å²) < 4.78 is 32.3. The van der Waals surface area contributed by atoms with Gasteiger partial charge in [-0.25, -0.2) is 0 Å². The van der Waals surface area contributed by atoms with Crippen LogP contribution >= 0.6 is 0 Å². The van der Waals surface area contributed by atoms with Crippen molar-refractivity contribution in [3.8, 4) is 29.4 Å². The number of ether oxygens (including phenoxy) is 5. The van der Waals surface area contributed by atoms with Gasteiger partial charge in [0.1, 0.15) is 29.8 Å². The number of H-pyrrole nitrogens is 1. The molecule has 8 unspecified atom stereocenters. The number of pyridine rings is 1. The van der Waals surface area contributed by atoms with Crippen molar-refractivity contribution in [2.24, 2.45) is 23.2 Å². The summed E-state index contributed by atoms with van der Waals surface area (Å²) in [4.78, 5) is 36.5. The molecule has 2 aromatic heterocycles. The van der Waals surface area contributed by atoms with Crippen LogP contribution in [0.25, 0.3) is 21.8 Å². The predicted molar refractivity (Wildman–Crippen MR) is 224 cm³/mol. The lowest BCUT2D eigenvalue weighted by Crippen LogP contribution is -2.65. The fourth-order valence-electron chi connectivity index (χ4n) is 8.98. The van der Waals surface area contributed by atoms with E-state index in [0.29, 0.717) is 65.9 Å². The second-order valence-electron chi connectivity index (χ2n) is 16.9. The number of aromatic nitrogens is 2. The van der Waals surface area contributed by atoms with E-state index in [1.165, 1.54) is 6.08 Å². The first-order chi connectivity index (χ1) is 28.2. The first-order valence-corrected chi connectivity index (χ1v) is 20.9. The minimum atomic E-state index is -1.77. The summed E-state index contributed by atoms with van der Waals surface area (Å²) in [5.41, 5.74) is -0.679. The SMILES string of the molecule is CC/C=C1\C2=C(C)C(=O)C[C@@]1(O)C#C/C=C\C#C[C@@H]2OC1OC(C)C(C)(C(=O)c2nccc3c2[nH]c2ccc(OCC)cc23)C(O)C1OC1CC(C)C(CC(C)C)CO1. The smallest absolute Gasteiger partial charge is 0.194 e. The zero-order valence-corrected chi connectivity index (χ0v) is 35.3.